The van der Waals surface area contributed by atoms with Crippen LogP contribution < -0.4 is 10.5 Å². The molecule has 2 nitrogen and oxygen atoms in total. The van der Waals surface area contributed by atoms with E-state index in [4.69, 9.17) is 33.7 Å². The molecule has 0 aliphatic rings. The normalized spacial score (nSPS) is 12.2. The van der Waals surface area contributed by atoms with Crippen molar-refractivity contribution >= 4 is 23.2 Å². The summed E-state index contributed by atoms with van der Waals surface area (Å²) in [7, 11) is 1.59. The molecule has 0 spiro atoms. The molecular weight excluding hydrogens is 312 g/mol. The maximum Gasteiger partial charge on any atom is 0.145 e. The minimum atomic E-state index is -0.410. The number of hydrogen-bond acceptors (Lipinski definition) is 2. The predicted octanol–water partition coefficient (Wildman–Crippen LogP) is 4.25. The van der Waals surface area contributed by atoms with Crippen molar-refractivity contribution in [2.45, 2.75) is 18.9 Å². The Balaban J connectivity index is 2.13. The van der Waals surface area contributed by atoms with Crippen LogP contribution in [-0.4, -0.2) is 13.2 Å². The summed E-state index contributed by atoms with van der Waals surface area (Å²) >= 11 is 11.8. The maximum atomic E-state index is 13.9. The zero-order valence-electron chi connectivity index (χ0n) is 11.6. The van der Waals surface area contributed by atoms with Crippen LogP contribution in [-0.2, 0) is 12.8 Å². The molecule has 0 bridgehead atoms. The molecule has 2 N–H and O–H groups in total. The van der Waals surface area contributed by atoms with E-state index in [9.17, 15) is 4.39 Å². The van der Waals surface area contributed by atoms with Gasteiger partial charge in [0.1, 0.15) is 11.6 Å². The van der Waals surface area contributed by atoms with Gasteiger partial charge in [0.05, 0.1) is 12.1 Å². The Labute approximate surface area is 133 Å². The molecule has 0 saturated heterocycles. The van der Waals surface area contributed by atoms with Gasteiger partial charge >= 0.3 is 0 Å². The van der Waals surface area contributed by atoms with Crippen LogP contribution in [0.1, 0.15) is 11.1 Å². The van der Waals surface area contributed by atoms with Crippen molar-refractivity contribution in [1.29, 1.82) is 0 Å². The van der Waals surface area contributed by atoms with Gasteiger partial charge in [0.25, 0.3) is 0 Å². The van der Waals surface area contributed by atoms with Crippen molar-refractivity contribution in [2.75, 3.05) is 7.11 Å². The molecule has 112 valence electrons. The second-order valence-electron chi connectivity index (χ2n) is 4.84. The lowest BCUT2D eigenvalue weighted by molar-refractivity contribution is 0.407. The van der Waals surface area contributed by atoms with Gasteiger partial charge in [-0.3, -0.25) is 0 Å². The number of rotatable bonds is 5. The zero-order chi connectivity index (χ0) is 15.4. The van der Waals surface area contributed by atoms with E-state index >= 15 is 0 Å². The molecular formula is C16H16Cl2FNO. The highest BCUT2D eigenvalue weighted by Crippen LogP contribution is 2.25. The van der Waals surface area contributed by atoms with Crippen molar-refractivity contribution in [3.8, 4) is 5.75 Å². The second-order valence-corrected chi connectivity index (χ2v) is 5.68. The molecule has 2 aromatic carbocycles. The van der Waals surface area contributed by atoms with Gasteiger partial charge in [-0.15, -0.1) is 0 Å². The summed E-state index contributed by atoms with van der Waals surface area (Å²) in [5.41, 5.74) is 7.53. The highest BCUT2D eigenvalue weighted by atomic mass is 35.5. The summed E-state index contributed by atoms with van der Waals surface area (Å²) in [6, 6.07) is 10.0. The van der Waals surface area contributed by atoms with Gasteiger partial charge in [-0.2, -0.15) is 0 Å². The first-order chi connectivity index (χ1) is 10.0. The third-order valence-electron chi connectivity index (χ3n) is 3.24. The summed E-state index contributed by atoms with van der Waals surface area (Å²) in [5, 5.41) is 0.729. The average Bonchev–Trinajstić information content (AvgIpc) is 2.44. The first-order valence-corrected chi connectivity index (χ1v) is 7.27. The van der Waals surface area contributed by atoms with E-state index in [1.165, 1.54) is 6.07 Å². The summed E-state index contributed by atoms with van der Waals surface area (Å²) in [5.74, 6) is 0.314. The summed E-state index contributed by atoms with van der Waals surface area (Å²) in [6.07, 6.45) is 0.928. The molecule has 0 fully saturated rings. The highest BCUT2D eigenvalue weighted by Gasteiger charge is 2.13. The van der Waals surface area contributed by atoms with Crippen molar-refractivity contribution in [3.63, 3.8) is 0 Å². The van der Waals surface area contributed by atoms with Crippen LogP contribution in [0.3, 0.4) is 0 Å². The molecule has 21 heavy (non-hydrogen) atoms. The maximum absolute atomic E-state index is 13.9. The Morgan fingerprint density at radius 2 is 1.86 bits per heavy atom. The van der Waals surface area contributed by atoms with Gasteiger partial charge < -0.3 is 10.5 Å². The molecule has 2 aromatic rings. The monoisotopic (exact) mass is 327 g/mol. The lowest BCUT2D eigenvalue weighted by Gasteiger charge is -2.15. The van der Waals surface area contributed by atoms with Crippen LogP contribution in [0.2, 0.25) is 10.0 Å². The van der Waals surface area contributed by atoms with Crippen molar-refractivity contribution in [1.82, 2.24) is 0 Å². The molecule has 0 aromatic heterocycles. The SMILES string of the molecule is COc1ccc(Cl)cc1CC(N)Cc1cccc(Cl)c1F. The fraction of sp³-hybridized carbons (Fsp3) is 0.250. The third-order valence-corrected chi connectivity index (χ3v) is 3.77. The van der Waals surface area contributed by atoms with Crippen LogP contribution in [0.15, 0.2) is 36.4 Å². The summed E-state index contributed by atoms with van der Waals surface area (Å²) < 4.78 is 19.2. The van der Waals surface area contributed by atoms with Crippen LogP contribution >= 0.6 is 23.2 Å². The van der Waals surface area contributed by atoms with Gasteiger partial charge in [-0.1, -0.05) is 35.3 Å². The Hall–Kier alpha value is -1.29. The predicted molar refractivity (Wildman–Crippen MR) is 84.8 cm³/mol. The Morgan fingerprint density at radius 3 is 2.57 bits per heavy atom. The Bertz CT molecular complexity index is 634. The molecule has 2 rings (SSSR count). The Morgan fingerprint density at radius 1 is 1.14 bits per heavy atom. The van der Waals surface area contributed by atoms with E-state index in [1.807, 2.05) is 6.07 Å². The van der Waals surface area contributed by atoms with Gasteiger partial charge in [-0.05, 0) is 48.2 Å². The second kappa shape index (κ2) is 7.12. The molecule has 5 heteroatoms. The van der Waals surface area contributed by atoms with Gasteiger partial charge in [0, 0.05) is 11.1 Å². The van der Waals surface area contributed by atoms with Crippen LogP contribution in [0.4, 0.5) is 4.39 Å². The van der Waals surface area contributed by atoms with E-state index in [1.54, 1.807) is 31.4 Å². The van der Waals surface area contributed by atoms with E-state index in [0.29, 0.717) is 23.4 Å². The van der Waals surface area contributed by atoms with Crippen molar-refractivity contribution < 1.29 is 9.13 Å². The van der Waals surface area contributed by atoms with E-state index in [0.717, 1.165) is 11.3 Å². The molecule has 0 radical (unpaired) electrons. The van der Waals surface area contributed by atoms with Crippen LogP contribution in [0.25, 0.3) is 0 Å². The highest BCUT2D eigenvalue weighted by molar-refractivity contribution is 6.31. The molecule has 0 heterocycles. The van der Waals surface area contributed by atoms with Crippen LogP contribution in [0.5, 0.6) is 5.75 Å². The fourth-order valence-corrected chi connectivity index (χ4v) is 2.64. The van der Waals surface area contributed by atoms with E-state index in [-0.39, 0.29) is 11.1 Å². The smallest absolute Gasteiger partial charge is 0.145 e. The quantitative estimate of drug-likeness (QED) is 0.890. The third kappa shape index (κ3) is 4.10. The number of methoxy groups -OCH3 is 1. The molecule has 1 atom stereocenters. The van der Waals surface area contributed by atoms with Crippen LogP contribution in [0, 0.1) is 5.82 Å². The first-order valence-electron chi connectivity index (χ1n) is 6.52. The topological polar surface area (TPSA) is 35.2 Å². The van der Waals surface area contributed by atoms with Gasteiger partial charge in [0.15, 0.2) is 0 Å². The zero-order valence-corrected chi connectivity index (χ0v) is 13.1. The average molecular weight is 328 g/mol. The minimum Gasteiger partial charge on any atom is -0.496 e. The molecule has 0 saturated carbocycles. The van der Waals surface area contributed by atoms with E-state index < -0.39 is 5.82 Å². The van der Waals surface area contributed by atoms with Crippen molar-refractivity contribution in [2.24, 2.45) is 5.73 Å². The van der Waals surface area contributed by atoms with Gasteiger partial charge in [0.2, 0.25) is 0 Å². The first kappa shape index (κ1) is 16.1. The van der Waals surface area contributed by atoms with Gasteiger partial charge in [-0.25, -0.2) is 4.39 Å². The lowest BCUT2D eigenvalue weighted by atomic mass is 9.99. The number of nitrogens with two attached hydrogens (primary N) is 1. The fourth-order valence-electron chi connectivity index (χ4n) is 2.25. The number of benzene rings is 2. The largest absolute Gasteiger partial charge is 0.496 e. The summed E-state index contributed by atoms with van der Waals surface area (Å²) in [6.45, 7) is 0. The molecule has 1 unspecified atom stereocenters. The molecule has 0 aliphatic carbocycles. The standard InChI is InChI=1S/C16H16Cl2FNO/c1-21-15-6-5-12(17)7-11(15)9-13(20)8-10-3-2-4-14(18)16(10)19/h2-7,13H,8-9,20H2,1H3. The summed E-state index contributed by atoms with van der Waals surface area (Å²) in [4.78, 5) is 0. The molecule has 0 amide bonds. The molecule has 0 aliphatic heterocycles. The minimum absolute atomic E-state index is 0.111. The lowest BCUT2D eigenvalue weighted by Crippen LogP contribution is -2.26. The van der Waals surface area contributed by atoms with Crippen molar-refractivity contribution in [3.05, 3.63) is 63.4 Å². The Kier molecular flexibility index (Phi) is 5.45. The number of ether oxygens (including phenoxy) is 1. The number of hydrogen-bond donors (Lipinski definition) is 1. The number of halogens is 3. The van der Waals surface area contributed by atoms with E-state index in [2.05, 4.69) is 0 Å².